The summed E-state index contributed by atoms with van der Waals surface area (Å²) in [6.45, 7) is 6.01. The Bertz CT molecular complexity index is 626. The van der Waals surface area contributed by atoms with E-state index in [0.29, 0.717) is 31.1 Å². The number of aromatic nitrogens is 2. The summed E-state index contributed by atoms with van der Waals surface area (Å²) in [5.74, 6) is 0.954. The molecular weight excluding hydrogens is 346 g/mol. The number of piperazine rings is 1. The fourth-order valence-corrected chi connectivity index (χ4v) is 2.64. The van der Waals surface area contributed by atoms with E-state index in [1.165, 1.54) is 0 Å². The summed E-state index contributed by atoms with van der Waals surface area (Å²) < 4.78 is 10.1. The number of halogens is 1. The third-order valence-corrected chi connectivity index (χ3v) is 4.00. The fraction of sp³-hybridized carbons (Fsp3) is 0.562. The van der Waals surface area contributed by atoms with Crippen LogP contribution in [0.2, 0.25) is 0 Å². The van der Waals surface area contributed by atoms with Gasteiger partial charge in [0.2, 0.25) is 17.6 Å². The first kappa shape index (κ1) is 19.4. The van der Waals surface area contributed by atoms with Crippen LogP contribution >= 0.6 is 12.4 Å². The quantitative estimate of drug-likeness (QED) is 0.672. The summed E-state index contributed by atoms with van der Waals surface area (Å²) in [5, 5.41) is 10.1. The third-order valence-electron chi connectivity index (χ3n) is 4.00. The number of aryl methyl sites for hydroxylation is 1. The number of rotatable bonds is 8. The van der Waals surface area contributed by atoms with Gasteiger partial charge in [-0.2, -0.15) is 4.98 Å². The van der Waals surface area contributed by atoms with E-state index in [9.17, 15) is 4.79 Å². The first-order chi connectivity index (χ1) is 11.8. The Morgan fingerprint density at radius 2 is 2.20 bits per heavy atom. The highest BCUT2D eigenvalue weighted by molar-refractivity contribution is 5.85. The van der Waals surface area contributed by atoms with Crippen molar-refractivity contribution in [1.29, 1.82) is 0 Å². The lowest BCUT2D eigenvalue weighted by Crippen LogP contribution is -2.44. The van der Waals surface area contributed by atoms with Gasteiger partial charge in [-0.15, -0.1) is 12.4 Å². The first-order valence-electron chi connectivity index (χ1n) is 8.36. The third kappa shape index (κ3) is 6.15. The molecule has 1 fully saturated rings. The van der Waals surface area contributed by atoms with Crippen LogP contribution in [-0.2, 0) is 11.2 Å². The largest absolute Gasteiger partial charge is 0.472 e. The Morgan fingerprint density at radius 1 is 1.36 bits per heavy atom. The first-order valence-corrected chi connectivity index (χ1v) is 8.36. The lowest BCUT2D eigenvalue weighted by Gasteiger charge is -2.27. The van der Waals surface area contributed by atoms with Crippen molar-refractivity contribution in [2.75, 3.05) is 39.3 Å². The topological polar surface area (TPSA) is 96.4 Å². The summed E-state index contributed by atoms with van der Waals surface area (Å²) >= 11 is 0. The highest BCUT2D eigenvalue weighted by Crippen LogP contribution is 2.16. The summed E-state index contributed by atoms with van der Waals surface area (Å²) in [4.78, 5) is 18.5. The second-order valence-corrected chi connectivity index (χ2v) is 5.82. The predicted molar refractivity (Wildman–Crippen MR) is 94.5 cm³/mol. The highest BCUT2D eigenvalue weighted by atomic mass is 35.5. The van der Waals surface area contributed by atoms with Crippen molar-refractivity contribution < 1.29 is 13.7 Å². The zero-order valence-electron chi connectivity index (χ0n) is 14.1. The van der Waals surface area contributed by atoms with Gasteiger partial charge in [0.1, 0.15) is 6.26 Å². The molecule has 1 aliphatic heterocycles. The van der Waals surface area contributed by atoms with Crippen LogP contribution < -0.4 is 10.6 Å². The Hall–Kier alpha value is -1.90. The number of hydrogen-bond donors (Lipinski definition) is 2. The molecule has 0 atom stereocenters. The Labute approximate surface area is 152 Å². The standard InChI is InChI=1S/C16H23N5O3.ClH/c22-14(18-5-1-8-21-9-6-17-7-10-21)2-3-15-19-16(20-24-15)13-4-11-23-12-13;/h4,11-12,17H,1-3,5-10H2,(H,18,22);1H. The van der Waals surface area contributed by atoms with Crippen LogP contribution in [0, 0.1) is 0 Å². The van der Waals surface area contributed by atoms with Gasteiger partial charge >= 0.3 is 0 Å². The molecule has 0 saturated carbocycles. The molecule has 0 aromatic carbocycles. The minimum atomic E-state index is 0. The Kier molecular flexibility index (Phi) is 7.90. The average Bonchev–Trinajstić information content (AvgIpc) is 3.29. The van der Waals surface area contributed by atoms with Crippen LogP contribution in [0.1, 0.15) is 18.7 Å². The average molecular weight is 370 g/mol. The highest BCUT2D eigenvalue weighted by Gasteiger charge is 2.12. The molecule has 2 aromatic rings. The van der Waals surface area contributed by atoms with Gasteiger partial charge in [-0.25, -0.2) is 0 Å². The van der Waals surface area contributed by atoms with Gasteiger partial charge in [-0.05, 0) is 19.0 Å². The summed E-state index contributed by atoms with van der Waals surface area (Å²) in [6.07, 6.45) is 4.87. The van der Waals surface area contributed by atoms with Crippen LogP contribution in [0.25, 0.3) is 11.4 Å². The maximum Gasteiger partial charge on any atom is 0.227 e. The number of hydrogen-bond acceptors (Lipinski definition) is 7. The smallest absolute Gasteiger partial charge is 0.227 e. The molecule has 3 heterocycles. The molecule has 1 aliphatic rings. The second kappa shape index (κ2) is 10.2. The van der Waals surface area contributed by atoms with E-state index in [-0.39, 0.29) is 18.3 Å². The van der Waals surface area contributed by atoms with Crippen molar-refractivity contribution in [1.82, 2.24) is 25.7 Å². The van der Waals surface area contributed by atoms with Crippen molar-refractivity contribution in [3.05, 3.63) is 24.5 Å². The Balaban J connectivity index is 0.00000225. The molecule has 8 nitrogen and oxygen atoms in total. The Morgan fingerprint density at radius 3 is 2.96 bits per heavy atom. The normalized spacial score (nSPS) is 14.9. The number of carbonyl (C=O) groups excluding carboxylic acids is 1. The van der Waals surface area contributed by atoms with Crippen LogP contribution in [0.15, 0.2) is 27.5 Å². The second-order valence-electron chi connectivity index (χ2n) is 5.82. The maximum atomic E-state index is 11.9. The van der Waals surface area contributed by atoms with Crippen molar-refractivity contribution in [3.8, 4) is 11.4 Å². The zero-order valence-corrected chi connectivity index (χ0v) is 14.9. The number of amides is 1. The van der Waals surface area contributed by atoms with E-state index in [0.717, 1.165) is 44.7 Å². The molecule has 0 bridgehead atoms. The molecule has 3 rings (SSSR count). The van der Waals surface area contributed by atoms with E-state index < -0.39 is 0 Å². The molecule has 1 amide bonds. The monoisotopic (exact) mass is 369 g/mol. The van der Waals surface area contributed by atoms with Crippen molar-refractivity contribution in [2.24, 2.45) is 0 Å². The molecule has 0 unspecified atom stereocenters. The van der Waals surface area contributed by atoms with E-state index in [2.05, 4.69) is 25.7 Å². The fourth-order valence-electron chi connectivity index (χ4n) is 2.64. The number of furan rings is 1. The van der Waals surface area contributed by atoms with Gasteiger partial charge in [-0.3, -0.25) is 4.79 Å². The van der Waals surface area contributed by atoms with Gasteiger partial charge in [0.15, 0.2) is 0 Å². The van der Waals surface area contributed by atoms with Gasteiger partial charge < -0.3 is 24.5 Å². The maximum absolute atomic E-state index is 11.9. The number of nitrogens with one attached hydrogen (secondary N) is 2. The van der Waals surface area contributed by atoms with Gasteiger partial charge in [0, 0.05) is 45.6 Å². The molecule has 0 aliphatic carbocycles. The van der Waals surface area contributed by atoms with E-state index in [4.69, 9.17) is 8.94 Å². The van der Waals surface area contributed by atoms with Crippen LogP contribution in [0.5, 0.6) is 0 Å². The molecule has 2 aromatic heterocycles. The predicted octanol–water partition coefficient (Wildman–Crippen LogP) is 1.10. The van der Waals surface area contributed by atoms with Gasteiger partial charge in [0.05, 0.1) is 11.8 Å². The SMILES string of the molecule is Cl.O=C(CCc1nc(-c2ccoc2)no1)NCCCN1CCNCC1. The van der Waals surface area contributed by atoms with E-state index in [1.807, 2.05) is 0 Å². The molecule has 1 saturated heterocycles. The molecule has 0 radical (unpaired) electrons. The molecule has 25 heavy (non-hydrogen) atoms. The van der Waals surface area contributed by atoms with Crippen molar-refractivity contribution in [2.45, 2.75) is 19.3 Å². The number of nitrogens with zero attached hydrogens (tertiary/aromatic N) is 3. The molecule has 138 valence electrons. The molecule has 0 spiro atoms. The minimum Gasteiger partial charge on any atom is -0.472 e. The molecule has 9 heteroatoms. The number of carbonyl (C=O) groups is 1. The van der Waals surface area contributed by atoms with Gasteiger partial charge in [0.25, 0.3) is 0 Å². The molecule has 2 N–H and O–H groups in total. The van der Waals surface area contributed by atoms with Crippen LogP contribution in [0.3, 0.4) is 0 Å². The summed E-state index contributed by atoms with van der Waals surface area (Å²) in [7, 11) is 0. The van der Waals surface area contributed by atoms with Crippen molar-refractivity contribution in [3.63, 3.8) is 0 Å². The lowest BCUT2D eigenvalue weighted by atomic mass is 10.2. The summed E-state index contributed by atoms with van der Waals surface area (Å²) in [5.41, 5.74) is 0.766. The van der Waals surface area contributed by atoms with Crippen molar-refractivity contribution >= 4 is 18.3 Å². The van der Waals surface area contributed by atoms with E-state index in [1.54, 1.807) is 18.6 Å². The lowest BCUT2D eigenvalue weighted by molar-refractivity contribution is -0.121. The van der Waals surface area contributed by atoms with Crippen LogP contribution in [0.4, 0.5) is 0 Å². The van der Waals surface area contributed by atoms with Gasteiger partial charge in [-0.1, -0.05) is 5.16 Å². The summed E-state index contributed by atoms with van der Waals surface area (Å²) in [6, 6.07) is 1.76. The molecular formula is C16H24ClN5O3. The zero-order chi connectivity index (χ0) is 16.6. The van der Waals surface area contributed by atoms with E-state index >= 15 is 0 Å². The minimum absolute atomic E-state index is 0. The van der Waals surface area contributed by atoms with Crippen LogP contribution in [-0.4, -0.2) is 60.2 Å².